The zero-order chi connectivity index (χ0) is 57.3. The van der Waals surface area contributed by atoms with Crippen molar-refractivity contribution in [2.75, 3.05) is 14.7 Å². The molecule has 2 aliphatic rings. The molecule has 0 aliphatic heterocycles. The van der Waals surface area contributed by atoms with Crippen LogP contribution >= 0.6 is 0 Å². The number of anilines is 7. The first-order chi connectivity index (χ1) is 42.4. The maximum atomic E-state index is 5.85. The van der Waals surface area contributed by atoms with Gasteiger partial charge in [0.1, 0.15) is 11.6 Å². The molecule has 2 atom stereocenters. The Hall–Kier alpha value is -11.0. The van der Waals surface area contributed by atoms with Gasteiger partial charge < -0.3 is 14.4 Å². The minimum atomic E-state index is -0.300. The van der Waals surface area contributed by atoms with Crippen LogP contribution in [0.15, 0.2) is 303 Å². The predicted molar refractivity (Wildman–Crippen MR) is 359 cm³/mol. The molecule has 0 amide bonds. The Morgan fingerprint density at radius 3 is 1.47 bits per heavy atom. The van der Waals surface area contributed by atoms with Crippen molar-refractivity contribution in [3.63, 3.8) is 0 Å². The molecule has 16 rings (SSSR count). The SMILES string of the molecule is CC1C=CC(N(c2ccc3c(c2)c2ccccc2n3-c2ccccc2)c2cc(-n3c4ccccc4c4cc(N(c5ccccc5)C5(C)C=CC=CC5)ccc43)nc(-n3c4ccccc4c4cc(N(c5ccccc5)c5ccccc5)ccc43)n2)=CC1. The zero-order valence-electron chi connectivity index (χ0n) is 47.9. The van der Waals surface area contributed by atoms with E-state index >= 15 is 0 Å². The van der Waals surface area contributed by atoms with Crippen molar-refractivity contribution in [3.05, 3.63) is 303 Å². The molecule has 10 aromatic carbocycles. The van der Waals surface area contributed by atoms with Crippen LogP contribution in [-0.2, 0) is 0 Å². The Balaban J connectivity index is 0.958. The van der Waals surface area contributed by atoms with Gasteiger partial charge in [-0.3, -0.25) is 14.0 Å². The fourth-order valence-electron chi connectivity index (χ4n) is 13.5. The molecule has 0 spiro atoms. The number of fused-ring (bicyclic) bond motifs is 9. The number of hydrogen-bond acceptors (Lipinski definition) is 5. The second-order valence-corrected chi connectivity index (χ2v) is 22.9. The maximum Gasteiger partial charge on any atom is 0.238 e. The first-order valence-electron chi connectivity index (χ1n) is 29.8. The lowest BCUT2D eigenvalue weighted by atomic mass is 9.90. The van der Waals surface area contributed by atoms with Gasteiger partial charge in [0.15, 0.2) is 0 Å². The van der Waals surface area contributed by atoms with Crippen molar-refractivity contribution in [1.29, 1.82) is 0 Å². The second-order valence-electron chi connectivity index (χ2n) is 22.9. The summed E-state index contributed by atoms with van der Waals surface area (Å²) in [6.07, 6.45) is 17.7. The van der Waals surface area contributed by atoms with E-state index in [0.29, 0.717) is 11.9 Å². The third kappa shape index (κ3) is 8.51. The van der Waals surface area contributed by atoms with E-state index in [-0.39, 0.29) is 5.54 Å². The fraction of sp³-hybridized carbons (Fsp3) is 0.0769. The molecule has 0 saturated carbocycles. The van der Waals surface area contributed by atoms with Crippen LogP contribution in [0.4, 0.5) is 39.9 Å². The van der Waals surface area contributed by atoms with Gasteiger partial charge in [-0.05, 0) is 153 Å². The normalized spacial score (nSPS) is 15.8. The Labute approximate surface area is 499 Å². The van der Waals surface area contributed by atoms with Gasteiger partial charge in [-0.25, -0.2) is 0 Å². The molecular formula is C78H60N8. The van der Waals surface area contributed by atoms with E-state index in [9.17, 15) is 0 Å². The minimum absolute atomic E-state index is 0.300. The van der Waals surface area contributed by atoms with Crippen LogP contribution in [0.5, 0.6) is 0 Å². The number of nitrogens with zero attached hydrogens (tertiary/aromatic N) is 8. The van der Waals surface area contributed by atoms with Gasteiger partial charge in [0.05, 0.1) is 38.6 Å². The lowest BCUT2D eigenvalue weighted by molar-refractivity contribution is 0.570. The lowest BCUT2D eigenvalue weighted by Gasteiger charge is -2.41. The number of aromatic nitrogens is 5. The van der Waals surface area contributed by atoms with Gasteiger partial charge in [0.2, 0.25) is 5.95 Å². The third-order valence-corrected chi connectivity index (χ3v) is 17.4. The molecule has 86 heavy (non-hydrogen) atoms. The van der Waals surface area contributed by atoms with Crippen LogP contribution in [0.3, 0.4) is 0 Å². The lowest BCUT2D eigenvalue weighted by Crippen LogP contribution is -2.42. The van der Waals surface area contributed by atoms with E-state index in [0.717, 1.165) is 130 Å². The number of benzene rings is 10. The number of rotatable bonds is 12. The summed E-state index contributed by atoms with van der Waals surface area (Å²) in [5.74, 6) is 2.44. The van der Waals surface area contributed by atoms with Gasteiger partial charge in [-0.15, -0.1) is 0 Å². The quantitative estimate of drug-likeness (QED) is 0.122. The van der Waals surface area contributed by atoms with Gasteiger partial charge in [0, 0.05) is 83.9 Å². The highest BCUT2D eigenvalue weighted by molar-refractivity contribution is 6.13. The van der Waals surface area contributed by atoms with E-state index in [4.69, 9.17) is 9.97 Å². The van der Waals surface area contributed by atoms with E-state index in [1.807, 2.05) is 0 Å². The molecule has 0 fully saturated rings. The molecule has 14 aromatic rings. The van der Waals surface area contributed by atoms with Crippen LogP contribution < -0.4 is 14.7 Å². The average molecular weight is 1110 g/mol. The smallest absolute Gasteiger partial charge is 0.238 e. The Kier molecular flexibility index (Phi) is 12.2. The van der Waals surface area contributed by atoms with Crippen LogP contribution in [0, 0.1) is 5.92 Å². The number of allylic oxidation sites excluding steroid dienone is 5. The third-order valence-electron chi connectivity index (χ3n) is 17.4. The van der Waals surface area contributed by atoms with E-state index in [1.54, 1.807) is 0 Å². The van der Waals surface area contributed by atoms with E-state index in [2.05, 4.69) is 340 Å². The molecule has 8 nitrogen and oxygen atoms in total. The minimum Gasteiger partial charge on any atom is -0.332 e. The van der Waals surface area contributed by atoms with Gasteiger partial charge in [-0.2, -0.15) is 9.97 Å². The summed E-state index contributed by atoms with van der Waals surface area (Å²) >= 11 is 0. The number of hydrogen-bond donors (Lipinski definition) is 0. The molecule has 0 radical (unpaired) electrons. The van der Waals surface area contributed by atoms with Gasteiger partial charge >= 0.3 is 0 Å². The second kappa shape index (κ2) is 20.7. The summed E-state index contributed by atoms with van der Waals surface area (Å²) in [4.78, 5) is 18.9. The number of para-hydroxylation sites is 7. The topological polar surface area (TPSA) is 50.3 Å². The Morgan fingerprint density at radius 1 is 0.419 bits per heavy atom. The summed E-state index contributed by atoms with van der Waals surface area (Å²) in [5, 5.41) is 6.81. The highest BCUT2D eigenvalue weighted by atomic mass is 15.3. The van der Waals surface area contributed by atoms with Crippen molar-refractivity contribution in [1.82, 2.24) is 23.7 Å². The highest BCUT2D eigenvalue weighted by Gasteiger charge is 2.32. The molecule has 412 valence electrons. The summed E-state index contributed by atoms with van der Waals surface area (Å²) in [6.45, 7) is 4.61. The largest absolute Gasteiger partial charge is 0.332 e. The van der Waals surface area contributed by atoms with Crippen molar-refractivity contribution >= 4 is 105 Å². The molecule has 8 heteroatoms. The summed E-state index contributed by atoms with van der Waals surface area (Å²) in [7, 11) is 0. The average Bonchev–Trinajstić information content (AvgIpc) is 2.52. The summed E-state index contributed by atoms with van der Waals surface area (Å²) in [6, 6.07) is 91.8. The van der Waals surface area contributed by atoms with Crippen molar-refractivity contribution in [3.8, 4) is 17.5 Å². The van der Waals surface area contributed by atoms with Crippen LogP contribution in [0.2, 0.25) is 0 Å². The first-order valence-corrected chi connectivity index (χ1v) is 29.8. The van der Waals surface area contributed by atoms with Crippen molar-refractivity contribution < 1.29 is 0 Å². The summed E-state index contributed by atoms with van der Waals surface area (Å²) < 4.78 is 7.01. The molecule has 2 aliphatic carbocycles. The monoisotopic (exact) mass is 1110 g/mol. The molecular weight excluding hydrogens is 1050 g/mol. The fourth-order valence-corrected chi connectivity index (χ4v) is 13.5. The van der Waals surface area contributed by atoms with E-state index < -0.39 is 0 Å². The van der Waals surface area contributed by atoms with Crippen LogP contribution in [-0.4, -0.2) is 29.2 Å². The summed E-state index contributed by atoms with van der Waals surface area (Å²) in [5.41, 5.74) is 14.7. The van der Waals surface area contributed by atoms with Crippen molar-refractivity contribution in [2.45, 2.75) is 32.2 Å². The Bertz CT molecular complexity index is 5010. The molecule has 0 N–H and O–H groups in total. The Morgan fingerprint density at radius 2 is 0.895 bits per heavy atom. The predicted octanol–water partition coefficient (Wildman–Crippen LogP) is 20.3. The first kappa shape index (κ1) is 50.7. The van der Waals surface area contributed by atoms with E-state index in [1.165, 1.54) is 5.39 Å². The maximum absolute atomic E-state index is 5.85. The van der Waals surface area contributed by atoms with Gasteiger partial charge in [-0.1, -0.05) is 171 Å². The van der Waals surface area contributed by atoms with Crippen LogP contribution in [0.25, 0.3) is 82.9 Å². The molecule has 0 saturated heterocycles. The highest BCUT2D eigenvalue weighted by Crippen LogP contribution is 2.45. The molecule has 4 aromatic heterocycles. The molecule has 0 bridgehead atoms. The standard InChI is InChI=1S/C78H60N8/c1-54-38-40-58(41-39-54)82(61-43-45-72-66(51-61)63-32-16-19-35-69(63)83(72)57-28-12-5-13-29-57)75-53-76(84-70-36-20-17-33-64(70)68-52-62(44-47-73(68)84)86(59-30-14-6-15-31-59)78(2)48-22-7-23-49-78)80-77(79-75)85-71-37-21-18-34-65(71)67-50-60(42-46-74(67)85)81(55-24-8-3-9-25-55)56-26-10-4-11-27-56/h3-38,40-48,50-54H,39,49H2,1-2H3. The molecule has 2 unspecified atom stereocenters. The van der Waals surface area contributed by atoms with Crippen molar-refractivity contribution in [2.24, 2.45) is 5.92 Å². The molecule has 4 heterocycles. The zero-order valence-corrected chi connectivity index (χ0v) is 47.9. The van der Waals surface area contributed by atoms with Gasteiger partial charge in [0.25, 0.3) is 0 Å². The van der Waals surface area contributed by atoms with Crippen LogP contribution in [0.1, 0.15) is 26.7 Å².